The van der Waals surface area contributed by atoms with Crippen LogP contribution in [0, 0.1) is 20.8 Å². The molecule has 0 atom stereocenters. The third-order valence-electron chi connectivity index (χ3n) is 4.71. The summed E-state index contributed by atoms with van der Waals surface area (Å²) in [4.78, 5) is 14.2. The molecule has 0 unspecified atom stereocenters. The highest BCUT2D eigenvalue weighted by Gasteiger charge is 2.19. The maximum Gasteiger partial charge on any atom is 0.231 e. The van der Waals surface area contributed by atoms with Crippen molar-refractivity contribution in [1.82, 2.24) is 14.9 Å². The van der Waals surface area contributed by atoms with Crippen molar-refractivity contribution in [3.05, 3.63) is 46.1 Å². The lowest BCUT2D eigenvalue weighted by atomic mass is 10.2. The summed E-state index contributed by atoms with van der Waals surface area (Å²) in [6.45, 7) is 10.4. The number of rotatable bonds is 4. The zero-order chi connectivity index (χ0) is 18.1. The Labute approximate surface area is 157 Å². The Morgan fingerprint density at radius 2 is 1.96 bits per heavy atom. The predicted octanol–water partition coefficient (Wildman–Crippen LogP) is 4.24. The smallest absolute Gasteiger partial charge is 0.231 e. The van der Waals surface area contributed by atoms with Gasteiger partial charge in [0.25, 0.3) is 0 Å². The van der Waals surface area contributed by atoms with Crippen LogP contribution in [0.2, 0.25) is 0 Å². The van der Waals surface area contributed by atoms with Crippen LogP contribution < -0.4 is 4.74 Å². The number of hydrogen-bond donors (Lipinski definition) is 0. The summed E-state index contributed by atoms with van der Waals surface area (Å²) in [5.41, 5.74) is 2.37. The Morgan fingerprint density at radius 1 is 1.15 bits per heavy atom. The van der Waals surface area contributed by atoms with Crippen molar-refractivity contribution in [2.45, 2.75) is 27.3 Å². The van der Waals surface area contributed by atoms with Crippen molar-refractivity contribution < 1.29 is 9.47 Å². The van der Waals surface area contributed by atoms with Gasteiger partial charge in [0.1, 0.15) is 16.4 Å². The highest BCUT2D eigenvalue weighted by atomic mass is 32.1. The average molecular weight is 369 g/mol. The minimum atomic E-state index is 0.658. The molecule has 0 saturated carbocycles. The minimum absolute atomic E-state index is 0.658. The van der Waals surface area contributed by atoms with Crippen molar-refractivity contribution in [1.29, 1.82) is 0 Å². The van der Waals surface area contributed by atoms with Gasteiger partial charge in [-0.25, -0.2) is 4.98 Å². The van der Waals surface area contributed by atoms with E-state index in [1.807, 2.05) is 18.2 Å². The van der Waals surface area contributed by atoms with Gasteiger partial charge in [-0.3, -0.25) is 4.90 Å². The number of hydrogen-bond acceptors (Lipinski definition) is 6. The number of aromatic nitrogens is 2. The van der Waals surface area contributed by atoms with E-state index in [0.717, 1.165) is 54.6 Å². The molecule has 1 aromatic carbocycles. The molecule has 0 aliphatic carbocycles. The number of fused-ring (bicyclic) bond motifs is 1. The van der Waals surface area contributed by atoms with Gasteiger partial charge in [0.05, 0.1) is 25.1 Å². The van der Waals surface area contributed by atoms with E-state index in [-0.39, 0.29) is 0 Å². The molecule has 0 amide bonds. The van der Waals surface area contributed by atoms with E-state index in [1.54, 1.807) is 11.3 Å². The Balaban J connectivity index is 1.72. The number of benzene rings is 1. The van der Waals surface area contributed by atoms with Gasteiger partial charge < -0.3 is 9.47 Å². The Morgan fingerprint density at radius 3 is 2.73 bits per heavy atom. The first-order chi connectivity index (χ1) is 12.6. The van der Waals surface area contributed by atoms with Crippen LogP contribution >= 0.6 is 11.3 Å². The largest absolute Gasteiger partial charge is 0.438 e. The van der Waals surface area contributed by atoms with E-state index in [4.69, 9.17) is 19.4 Å². The maximum absolute atomic E-state index is 6.21. The minimum Gasteiger partial charge on any atom is -0.438 e. The summed E-state index contributed by atoms with van der Waals surface area (Å²) >= 11 is 1.71. The number of nitrogens with zero attached hydrogens (tertiary/aromatic N) is 3. The summed E-state index contributed by atoms with van der Waals surface area (Å²) in [6.07, 6.45) is 0. The van der Waals surface area contributed by atoms with Crippen molar-refractivity contribution in [3.63, 3.8) is 0 Å². The molecule has 0 radical (unpaired) electrons. The van der Waals surface area contributed by atoms with Gasteiger partial charge in [-0.15, -0.1) is 11.3 Å². The number of aryl methyl sites for hydroxylation is 3. The second-order valence-electron chi connectivity index (χ2n) is 6.72. The standard InChI is InChI=1S/C20H23N3O2S/c1-13-5-4-6-16(11-13)25-19-18-14(2)15(3)26-20(18)22-17(21-19)12-23-7-9-24-10-8-23/h4-6,11H,7-10,12H2,1-3H3. The Hall–Kier alpha value is -2.02. The quantitative estimate of drug-likeness (QED) is 0.688. The van der Waals surface area contributed by atoms with Gasteiger partial charge >= 0.3 is 0 Å². The number of ether oxygens (including phenoxy) is 2. The van der Waals surface area contributed by atoms with E-state index in [2.05, 4.69) is 31.7 Å². The van der Waals surface area contributed by atoms with Crippen LogP contribution in [0.15, 0.2) is 24.3 Å². The lowest BCUT2D eigenvalue weighted by Gasteiger charge is -2.25. The Bertz CT molecular complexity index is 932. The van der Waals surface area contributed by atoms with E-state index >= 15 is 0 Å². The third kappa shape index (κ3) is 3.58. The van der Waals surface area contributed by atoms with Crippen molar-refractivity contribution in [2.75, 3.05) is 26.3 Å². The lowest BCUT2D eigenvalue weighted by Crippen LogP contribution is -2.36. The highest BCUT2D eigenvalue weighted by molar-refractivity contribution is 7.18. The molecule has 1 saturated heterocycles. The molecule has 26 heavy (non-hydrogen) atoms. The predicted molar refractivity (Wildman–Crippen MR) is 104 cm³/mol. The molecule has 5 nitrogen and oxygen atoms in total. The molecule has 6 heteroatoms. The molecule has 136 valence electrons. The first-order valence-electron chi connectivity index (χ1n) is 8.91. The SMILES string of the molecule is Cc1cccc(Oc2nc(CN3CCOCC3)nc3sc(C)c(C)c23)c1. The first kappa shape index (κ1) is 17.4. The summed E-state index contributed by atoms with van der Waals surface area (Å²) in [6, 6.07) is 8.07. The van der Waals surface area contributed by atoms with Crippen LogP contribution in [0.4, 0.5) is 0 Å². The van der Waals surface area contributed by atoms with E-state index in [1.165, 1.54) is 16.0 Å². The summed E-state index contributed by atoms with van der Waals surface area (Å²) in [7, 11) is 0. The van der Waals surface area contributed by atoms with Gasteiger partial charge in [-0.05, 0) is 44.0 Å². The summed E-state index contributed by atoms with van der Waals surface area (Å²) < 4.78 is 11.6. The lowest BCUT2D eigenvalue weighted by molar-refractivity contribution is 0.0330. The van der Waals surface area contributed by atoms with Crippen LogP contribution in [-0.2, 0) is 11.3 Å². The van der Waals surface area contributed by atoms with Crippen molar-refractivity contribution >= 4 is 21.6 Å². The molecule has 2 aromatic heterocycles. The molecular formula is C20H23N3O2S. The number of morpholine rings is 1. The fourth-order valence-electron chi connectivity index (χ4n) is 3.15. The van der Waals surface area contributed by atoms with Crippen LogP contribution in [0.5, 0.6) is 11.6 Å². The van der Waals surface area contributed by atoms with Crippen molar-refractivity contribution in [2.24, 2.45) is 0 Å². The fourth-order valence-corrected chi connectivity index (χ4v) is 4.19. The summed E-state index contributed by atoms with van der Waals surface area (Å²) in [5.74, 6) is 2.28. The van der Waals surface area contributed by atoms with E-state index in [0.29, 0.717) is 5.88 Å². The molecule has 3 aromatic rings. The molecule has 1 aliphatic heterocycles. The topological polar surface area (TPSA) is 47.5 Å². The highest BCUT2D eigenvalue weighted by Crippen LogP contribution is 2.36. The first-order valence-corrected chi connectivity index (χ1v) is 9.73. The van der Waals surface area contributed by atoms with Crippen molar-refractivity contribution in [3.8, 4) is 11.6 Å². The van der Waals surface area contributed by atoms with Gasteiger partial charge in [0, 0.05) is 18.0 Å². The third-order valence-corrected chi connectivity index (χ3v) is 5.82. The van der Waals surface area contributed by atoms with E-state index in [9.17, 15) is 0 Å². The van der Waals surface area contributed by atoms with Crippen LogP contribution in [0.3, 0.4) is 0 Å². The van der Waals surface area contributed by atoms with Gasteiger partial charge in [-0.2, -0.15) is 4.98 Å². The molecule has 0 spiro atoms. The fraction of sp³-hybridized carbons (Fsp3) is 0.400. The molecule has 3 heterocycles. The second-order valence-corrected chi connectivity index (χ2v) is 7.92. The van der Waals surface area contributed by atoms with Crippen LogP contribution in [0.25, 0.3) is 10.2 Å². The van der Waals surface area contributed by atoms with Crippen LogP contribution in [0.1, 0.15) is 21.8 Å². The number of thiophene rings is 1. The van der Waals surface area contributed by atoms with Gasteiger partial charge in [0.15, 0.2) is 0 Å². The molecular weight excluding hydrogens is 346 g/mol. The zero-order valence-electron chi connectivity index (χ0n) is 15.4. The Kier molecular flexibility index (Phi) is 4.89. The summed E-state index contributed by atoms with van der Waals surface area (Å²) in [5, 5.41) is 1.03. The second kappa shape index (κ2) is 7.31. The molecule has 0 bridgehead atoms. The molecule has 1 fully saturated rings. The van der Waals surface area contributed by atoms with Gasteiger partial charge in [-0.1, -0.05) is 12.1 Å². The molecule has 0 N–H and O–H groups in total. The molecule has 4 rings (SSSR count). The van der Waals surface area contributed by atoms with Crippen LogP contribution in [-0.4, -0.2) is 41.2 Å². The monoisotopic (exact) mass is 369 g/mol. The van der Waals surface area contributed by atoms with E-state index < -0.39 is 0 Å². The van der Waals surface area contributed by atoms with Gasteiger partial charge in [0.2, 0.25) is 5.88 Å². The maximum atomic E-state index is 6.21. The normalized spacial score (nSPS) is 15.5. The average Bonchev–Trinajstić information content (AvgIpc) is 2.90. The molecule has 1 aliphatic rings. The zero-order valence-corrected chi connectivity index (χ0v) is 16.2.